The largest absolute Gasteiger partial charge is 0.340 e. The normalized spacial score (nSPS) is 19.7. The molecular weight excluding hydrogens is 837 g/mol. The van der Waals surface area contributed by atoms with Crippen molar-refractivity contribution in [2.24, 2.45) is 11.8 Å². The minimum absolute atomic E-state index is 0.00785. The number of nitrogens with one attached hydrogen (secondary N) is 2. The first-order chi connectivity index (χ1) is 31.4. The standard InChI is InChI=1S/C52H52N6O4S2/c59-47(39-15-7-16-39)55-45(37-11-3-1-4-12-37)51(61)57-29-9-19-41(57)49-53-31-43(63-49)35-25-21-33(22-26-35)34-23-27-36(28-24-34)44-32-54-50(64-44)42-20-10-30-58(42)52(62)46(38-13-5-2-6-14-38)56-48(60)40-17-8-18-40/h1-6,11-14,21-28,31-32,39-42,45-46H,7-10,15-20,29-30H2,(H,55,59)(H,56,60)/t41-,42?,45+,46+/m0/s1. The lowest BCUT2D eigenvalue weighted by Gasteiger charge is -2.31. The van der Waals surface area contributed by atoms with Crippen LogP contribution in [-0.2, 0) is 19.2 Å². The van der Waals surface area contributed by atoms with Crippen LogP contribution in [0.5, 0.6) is 0 Å². The fraction of sp³-hybridized carbons (Fsp3) is 0.346. The van der Waals surface area contributed by atoms with Gasteiger partial charge in [-0.05, 0) is 84.7 Å². The second kappa shape index (κ2) is 18.6. The Morgan fingerprint density at radius 3 is 1.22 bits per heavy atom. The number of thiazole rings is 2. The maximum Gasteiger partial charge on any atom is 0.250 e. The van der Waals surface area contributed by atoms with Gasteiger partial charge in [-0.2, -0.15) is 0 Å². The molecule has 326 valence electrons. The van der Waals surface area contributed by atoms with Crippen LogP contribution >= 0.6 is 22.7 Å². The van der Waals surface area contributed by atoms with E-state index in [9.17, 15) is 19.2 Å². The molecule has 2 aromatic heterocycles. The number of carbonyl (C=O) groups is 4. The number of amides is 4. The molecule has 4 heterocycles. The van der Waals surface area contributed by atoms with Gasteiger partial charge >= 0.3 is 0 Å². The number of benzene rings is 4. The van der Waals surface area contributed by atoms with Crippen molar-refractivity contribution in [3.63, 3.8) is 0 Å². The van der Waals surface area contributed by atoms with E-state index in [0.717, 1.165) is 117 Å². The van der Waals surface area contributed by atoms with E-state index in [0.29, 0.717) is 13.1 Å². The third kappa shape index (κ3) is 8.65. The zero-order chi connectivity index (χ0) is 43.6. The molecule has 6 aromatic rings. The van der Waals surface area contributed by atoms with Crippen molar-refractivity contribution in [2.45, 2.75) is 88.4 Å². The zero-order valence-corrected chi connectivity index (χ0v) is 37.4. The molecule has 0 radical (unpaired) electrons. The quantitative estimate of drug-likeness (QED) is 0.119. The maximum absolute atomic E-state index is 14.2. The van der Waals surface area contributed by atoms with E-state index in [1.54, 1.807) is 22.7 Å². The highest BCUT2D eigenvalue weighted by Crippen LogP contribution is 2.41. The first-order valence-electron chi connectivity index (χ1n) is 22.8. The lowest BCUT2D eigenvalue weighted by Crippen LogP contribution is -2.45. The van der Waals surface area contributed by atoms with Crippen molar-refractivity contribution in [1.82, 2.24) is 30.4 Å². The Bertz CT molecular complexity index is 2420. The van der Waals surface area contributed by atoms with E-state index in [1.807, 2.05) is 82.9 Å². The molecule has 64 heavy (non-hydrogen) atoms. The van der Waals surface area contributed by atoms with Crippen molar-refractivity contribution < 1.29 is 19.2 Å². The summed E-state index contributed by atoms with van der Waals surface area (Å²) in [6.07, 6.45) is 12.9. The summed E-state index contributed by atoms with van der Waals surface area (Å²) < 4.78 is 0. The molecule has 10 rings (SSSR count). The summed E-state index contributed by atoms with van der Waals surface area (Å²) in [5.41, 5.74) is 5.96. The van der Waals surface area contributed by atoms with E-state index in [-0.39, 0.29) is 47.5 Å². The number of hydrogen-bond donors (Lipinski definition) is 2. The topological polar surface area (TPSA) is 125 Å². The third-order valence-electron chi connectivity index (χ3n) is 13.6. The van der Waals surface area contributed by atoms with Crippen LogP contribution in [0.15, 0.2) is 122 Å². The Hall–Kier alpha value is -5.98. The monoisotopic (exact) mass is 888 g/mol. The predicted octanol–water partition coefficient (Wildman–Crippen LogP) is 10.2. The second-order valence-corrected chi connectivity index (χ2v) is 19.7. The van der Waals surface area contributed by atoms with E-state index in [2.05, 4.69) is 59.2 Å². The van der Waals surface area contributed by atoms with E-state index in [4.69, 9.17) is 9.97 Å². The SMILES string of the molecule is O=C(N[C@@H](C(=O)N1CCCC1c1ncc(-c2ccc(-c3ccc(-c4cnc([C@@H]5CCCN5C(=O)[C@H](NC(=O)C5CCC5)c5ccccc5)s4)cc3)cc2)s1)c1ccccc1)C1CCC1. The lowest BCUT2D eigenvalue weighted by molar-refractivity contribution is -0.139. The molecule has 10 nitrogen and oxygen atoms in total. The third-order valence-corrected chi connectivity index (χ3v) is 15.9. The summed E-state index contributed by atoms with van der Waals surface area (Å²) in [5.74, 6) is -0.224. The van der Waals surface area contributed by atoms with Gasteiger partial charge in [-0.25, -0.2) is 9.97 Å². The molecule has 0 bridgehead atoms. The van der Waals surface area contributed by atoms with Crippen LogP contribution in [0, 0.1) is 11.8 Å². The van der Waals surface area contributed by atoms with Gasteiger partial charge in [-0.15, -0.1) is 22.7 Å². The van der Waals surface area contributed by atoms with Crippen molar-refractivity contribution in [3.05, 3.63) is 143 Å². The van der Waals surface area contributed by atoms with Gasteiger partial charge in [0.1, 0.15) is 22.1 Å². The Morgan fingerprint density at radius 1 is 0.484 bits per heavy atom. The molecule has 4 amide bonds. The minimum atomic E-state index is -0.715. The highest BCUT2D eigenvalue weighted by atomic mass is 32.1. The molecule has 4 aliphatic rings. The molecule has 2 saturated heterocycles. The fourth-order valence-corrected chi connectivity index (χ4v) is 11.6. The van der Waals surface area contributed by atoms with Gasteiger partial charge in [0.2, 0.25) is 23.6 Å². The highest BCUT2D eigenvalue weighted by Gasteiger charge is 2.40. The van der Waals surface area contributed by atoms with Gasteiger partial charge in [0, 0.05) is 37.3 Å². The summed E-state index contributed by atoms with van der Waals surface area (Å²) in [6.45, 7) is 1.27. The average molecular weight is 889 g/mol. The van der Waals surface area contributed by atoms with Crippen molar-refractivity contribution in [2.75, 3.05) is 13.1 Å². The molecule has 0 spiro atoms. The van der Waals surface area contributed by atoms with Crippen LogP contribution in [0.25, 0.3) is 32.0 Å². The van der Waals surface area contributed by atoms with E-state index in [1.165, 1.54) is 0 Å². The molecule has 2 aliphatic heterocycles. The summed E-state index contributed by atoms with van der Waals surface area (Å²) in [4.78, 5) is 70.2. The Balaban J connectivity index is 0.794. The average Bonchev–Trinajstić information content (AvgIpc) is 4.14. The van der Waals surface area contributed by atoms with Crippen molar-refractivity contribution in [1.29, 1.82) is 0 Å². The highest BCUT2D eigenvalue weighted by molar-refractivity contribution is 7.15. The Kier molecular flexibility index (Phi) is 12.2. The Morgan fingerprint density at radius 2 is 0.859 bits per heavy atom. The van der Waals surface area contributed by atoms with Crippen LogP contribution < -0.4 is 10.6 Å². The molecule has 4 aromatic carbocycles. The summed E-state index contributed by atoms with van der Waals surface area (Å²) in [7, 11) is 0. The first kappa shape index (κ1) is 42.0. The van der Waals surface area contributed by atoms with Crippen molar-refractivity contribution >= 4 is 46.3 Å². The molecule has 2 saturated carbocycles. The van der Waals surface area contributed by atoms with Crippen LogP contribution in [-0.4, -0.2) is 56.5 Å². The van der Waals surface area contributed by atoms with Gasteiger partial charge < -0.3 is 20.4 Å². The van der Waals surface area contributed by atoms with Gasteiger partial charge in [0.15, 0.2) is 0 Å². The first-order valence-corrected chi connectivity index (χ1v) is 24.5. The molecule has 12 heteroatoms. The molecule has 4 fully saturated rings. The summed E-state index contributed by atoms with van der Waals surface area (Å²) in [5, 5.41) is 8.05. The molecule has 4 atom stereocenters. The summed E-state index contributed by atoms with van der Waals surface area (Å²) >= 11 is 3.26. The van der Waals surface area contributed by atoms with Crippen LogP contribution in [0.1, 0.15) is 110 Å². The van der Waals surface area contributed by atoms with Gasteiger partial charge in [0.25, 0.3) is 0 Å². The number of rotatable bonds is 13. The predicted molar refractivity (Wildman–Crippen MR) is 251 cm³/mol. The van der Waals surface area contributed by atoms with Crippen molar-refractivity contribution in [3.8, 4) is 32.0 Å². The molecular formula is C52H52N6O4S2. The smallest absolute Gasteiger partial charge is 0.250 e. The lowest BCUT2D eigenvalue weighted by atomic mass is 9.84. The molecule has 2 aliphatic carbocycles. The maximum atomic E-state index is 14.2. The number of nitrogens with zero attached hydrogens (tertiary/aromatic N) is 4. The van der Waals surface area contributed by atoms with Gasteiger partial charge in [0.05, 0.1) is 21.8 Å². The molecule has 1 unspecified atom stereocenters. The number of carbonyl (C=O) groups excluding carboxylic acids is 4. The van der Waals surface area contributed by atoms with Crippen LogP contribution in [0.2, 0.25) is 0 Å². The minimum Gasteiger partial charge on any atom is -0.340 e. The zero-order valence-electron chi connectivity index (χ0n) is 35.7. The van der Waals surface area contributed by atoms with E-state index < -0.39 is 12.1 Å². The van der Waals surface area contributed by atoms with Crippen LogP contribution in [0.3, 0.4) is 0 Å². The van der Waals surface area contributed by atoms with E-state index >= 15 is 0 Å². The second-order valence-electron chi connectivity index (χ2n) is 17.6. The fourth-order valence-electron chi connectivity index (χ4n) is 9.44. The number of hydrogen-bond acceptors (Lipinski definition) is 8. The number of likely N-dealkylation sites (tertiary alicyclic amines) is 2. The van der Waals surface area contributed by atoms with Crippen LogP contribution in [0.4, 0.5) is 0 Å². The number of aromatic nitrogens is 2. The summed E-state index contributed by atoms with van der Waals surface area (Å²) in [6, 6.07) is 34.6. The van der Waals surface area contributed by atoms with Gasteiger partial charge in [-0.3, -0.25) is 19.2 Å². The molecule has 2 N–H and O–H groups in total. The van der Waals surface area contributed by atoms with Gasteiger partial charge in [-0.1, -0.05) is 122 Å². The Labute approximate surface area is 382 Å².